The maximum Gasteiger partial charge on any atom is 0.0227 e. The van der Waals surface area contributed by atoms with Crippen LogP contribution in [0, 0.1) is 0 Å². The Morgan fingerprint density at radius 3 is 2.53 bits per heavy atom. The first-order valence-corrected chi connectivity index (χ1v) is 6.60. The molecule has 1 saturated carbocycles. The lowest BCUT2D eigenvalue weighted by Crippen LogP contribution is -2.32. The topological polar surface area (TPSA) is 29.3 Å². The van der Waals surface area contributed by atoms with Crippen molar-refractivity contribution in [3.05, 3.63) is 35.4 Å². The molecule has 2 heteroatoms. The zero-order valence-electron chi connectivity index (χ0n) is 11.1. The zero-order chi connectivity index (χ0) is 12.3. The summed E-state index contributed by atoms with van der Waals surface area (Å²) < 4.78 is 0. The Morgan fingerprint density at radius 2 is 1.94 bits per heavy atom. The molecule has 0 amide bonds. The maximum absolute atomic E-state index is 6.04. The first kappa shape index (κ1) is 12.6. The normalized spacial score (nSPS) is 18.8. The van der Waals surface area contributed by atoms with Crippen LogP contribution < -0.4 is 5.73 Å². The highest BCUT2D eigenvalue weighted by Crippen LogP contribution is 2.40. The summed E-state index contributed by atoms with van der Waals surface area (Å²) in [7, 11) is 4.22. The molecule has 0 spiro atoms. The van der Waals surface area contributed by atoms with E-state index in [0.29, 0.717) is 0 Å². The van der Waals surface area contributed by atoms with Gasteiger partial charge in [0.05, 0.1) is 0 Å². The van der Waals surface area contributed by atoms with Gasteiger partial charge in [-0.05, 0) is 38.1 Å². The molecule has 0 radical (unpaired) electrons. The van der Waals surface area contributed by atoms with Crippen molar-refractivity contribution in [2.45, 2.75) is 37.6 Å². The molecule has 0 bridgehead atoms. The lowest BCUT2D eigenvalue weighted by Gasteiger charge is -2.28. The van der Waals surface area contributed by atoms with Gasteiger partial charge >= 0.3 is 0 Å². The molecule has 2 rings (SSSR count). The molecule has 0 heterocycles. The number of rotatable bonds is 4. The van der Waals surface area contributed by atoms with E-state index in [-0.39, 0.29) is 5.41 Å². The summed E-state index contributed by atoms with van der Waals surface area (Å²) in [5.74, 6) is 0. The zero-order valence-corrected chi connectivity index (χ0v) is 11.1. The Hall–Kier alpha value is -0.860. The Bertz CT molecular complexity index is 365. The Kier molecular flexibility index (Phi) is 3.85. The fourth-order valence-electron chi connectivity index (χ4n) is 3.03. The van der Waals surface area contributed by atoms with Crippen LogP contribution in [0.5, 0.6) is 0 Å². The van der Waals surface area contributed by atoms with Gasteiger partial charge in [0.2, 0.25) is 0 Å². The number of benzene rings is 1. The molecule has 0 saturated heterocycles. The molecular weight excluding hydrogens is 208 g/mol. The highest BCUT2D eigenvalue weighted by molar-refractivity contribution is 5.31. The van der Waals surface area contributed by atoms with Gasteiger partial charge in [-0.3, -0.25) is 0 Å². The monoisotopic (exact) mass is 232 g/mol. The van der Waals surface area contributed by atoms with Crippen LogP contribution in [0.1, 0.15) is 36.8 Å². The van der Waals surface area contributed by atoms with Crippen molar-refractivity contribution in [1.29, 1.82) is 0 Å². The third-order valence-electron chi connectivity index (χ3n) is 3.99. The van der Waals surface area contributed by atoms with E-state index in [9.17, 15) is 0 Å². The van der Waals surface area contributed by atoms with E-state index >= 15 is 0 Å². The molecule has 1 aliphatic carbocycles. The molecule has 94 valence electrons. The van der Waals surface area contributed by atoms with Gasteiger partial charge in [0.15, 0.2) is 0 Å². The lowest BCUT2D eigenvalue weighted by atomic mass is 9.78. The average molecular weight is 232 g/mol. The van der Waals surface area contributed by atoms with E-state index in [2.05, 4.69) is 43.3 Å². The van der Waals surface area contributed by atoms with E-state index in [4.69, 9.17) is 5.73 Å². The van der Waals surface area contributed by atoms with Crippen LogP contribution in [0.3, 0.4) is 0 Å². The van der Waals surface area contributed by atoms with Crippen LogP contribution in [-0.2, 0) is 12.0 Å². The van der Waals surface area contributed by atoms with Crippen LogP contribution in [-0.4, -0.2) is 25.5 Å². The van der Waals surface area contributed by atoms with Crippen molar-refractivity contribution in [3.8, 4) is 0 Å². The summed E-state index contributed by atoms with van der Waals surface area (Å²) in [6.07, 6.45) is 5.17. The number of nitrogens with two attached hydrogens (primary N) is 1. The summed E-state index contributed by atoms with van der Waals surface area (Å²) in [6, 6.07) is 9.02. The van der Waals surface area contributed by atoms with E-state index in [0.717, 1.165) is 13.1 Å². The van der Waals surface area contributed by atoms with Crippen molar-refractivity contribution in [3.63, 3.8) is 0 Å². The third kappa shape index (κ3) is 2.70. The van der Waals surface area contributed by atoms with Crippen LogP contribution >= 0.6 is 0 Å². The number of hydrogen-bond donors (Lipinski definition) is 1. The van der Waals surface area contributed by atoms with Crippen LogP contribution in [0.4, 0.5) is 0 Å². The molecule has 0 atom stereocenters. The van der Waals surface area contributed by atoms with Gasteiger partial charge < -0.3 is 10.6 Å². The standard InChI is InChI=1S/C15H24N2/c1-17(2)11-13-6-5-7-14(10-13)15(12-16)8-3-4-9-15/h5-7,10H,3-4,8-9,11-12,16H2,1-2H3. The summed E-state index contributed by atoms with van der Waals surface area (Å²) in [5, 5.41) is 0. The number of nitrogens with zero attached hydrogens (tertiary/aromatic N) is 1. The number of hydrogen-bond acceptors (Lipinski definition) is 2. The van der Waals surface area contributed by atoms with Crippen LogP contribution in [0.2, 0.25) is 0 Å². The van der Waals surface area contributed by atoms with Gasteiger partial charge in [-0.1, -0.05) is 37.1 Å². The van der Waals surface area contributed by atoms with Gasteiger partial charge in [0.1, 0.15) is 0 Å². The summed E-state index contributed by atoms with van der Waals surface area (Å²) >= 11 is 0. The summed E-state index contributed by atoms with van der Waals surface area (Å²) in [6.45, 7) is 1.80. The van der Waals surface area contributed by atoms with Crippen molar-refractivity contribution >= 4 is 0 Å². The van der Waals surface area contributed by atoms with Crippen molar-refractivity contribution < 1.29 is 0 Å². The predicted octanol–water partition coefficient (Wildman–Crippen LogP) is 2.52. The van der Waals surface area contributed by atoms with E-state index < -0.39 is 0 Å². The minimum Gasteiger partial charge on any atom is -0.330 e. The smallest absolute Gasteiger partial charge is 0.0227 e. The largest absolute Gasteiger partial charge is 0.330 e. The van der Waals surface area contributed by atoms with Crippen molar-refractivity contribution in [1.82, 2.24) is 4.90 Å². The second-order valence-electron chi connectivity index (χ2n) is 5.63. The summed E-state index contributed by atoms with van der Waals surface area (Å²) in [5.41, 5.74) is 9.16. The third-order valence-corrected chi connectivity index (χ3v) is 3.99. The minimum absolute atomic E-state index is 0.266. The second-order valence-corrected chi connectivity index (χ2v) is 5.63. The van der Waals surface area contributed by atoms with Gasteiger partial charge in [-0.15, -0.1) is 0 Å². The molecule has 0 unspecified atom stereocenters. The molecular formula is C15H24N2. The predicted molar refractivity (Wildman–Crippen MR) is 73.0 cm³/mol. The van der Waals surface area contributed by atoms with Crippen molar-refractivity contribution in [2.24, 2.45) is 5.73 Å². The highest BCUT2D eigenvalue weighted by atomic mass is 15.0. The Balaban J connectivity index is 2.25. The first-order chi connectivity index (χ1) is 8.16. The quantitative estimate of drug-likeness (QED) is 0.864. The van der Waals surface area contributed by atoms with Crippen LogP contribution in [0.15, 0.2) is 24.3 Å². The van der Waals surface area contributed by atoms with Gasteiger partial charge in [-0.2, -0.15) is 0 Å². The SMILES string of the molecule is CN(C)Cc1cccc(C2(CN)CCCC2)c1. The molecule has 0 aromatic heterocycles. The second kappa shape index (κ2) is 5.19. The molecule has 2 N–H and O–H groups in total. The Labute approximate surface area is 105 Å². The average Bonchev–Trinajstić information content (AvgIpc) is 2.78. The Morgan fingerprint density at radius 1 is 1.24 bits per heavy atom. The van der Waals surface area contributed by atoms with E-state index in [1.807, 2.05) is 0 Å². The van der Waals surface area contributed by atoms with Gasteiger partial charge in [0.25, 0.3) is 0 Å². The first-order valence-electron chi connectivity index (χ1n) is 6.60. The molecule has 0 aliphatic heterocycles. The van der Waals surface area contributed by atoms with Gasteiger partial charge in [-0.25, -0.2) is 0 Å². The lowest BCUT2D eigenvalue weighted by molar-refractivity contribution is 0.400. The molecule has 1 aliphatic rings. The fraction of sp³-hybridized carbons (Fsp3) is 0.600. The van der Waals surface area contributed by atoms with Gasteiger partial charge in [0, 0.05) is 18.5 Å². The fourth-order valence-corrected chi connectivity index (χ4v) is 3.03. The minimum atomic E-state index is 0.266. The molecule has 1 fully saturated rings. The molecule has 2 nitrogen and oxygen atoms in total. The van der Waals surface area contributed by atoms with Crippen molar-refractivity contribution in [2.75, 3.05) is 20.6 Å². The highest BCUT2D eigenvalue weighted by Gasteiger charge is 2.34. The van der Waals surface area contributed by atoms with E-state index in [1.54, 1.807) is 0 Å². The van der Waals surface area contributed by atoms with E-state index in [1.165, 1.54) is 36.8 Å². The molecule has 1 aromatic rings. The molecule has 17 heavy (non-hydrogen) atoms. The maximum atomic E-state index is 6.04. The summed E-state index contributed by atoms with van der Waals surface area (Å²) in [4.78, 5) is 2.21. The van der Waals surface area contributed by atoms with Crippen LogP contribution in [0.25, 0.3) is 0 Å². The molecule has 1 aromatic carbocycles.